The molecule has 4 unspecified atom stereocenters. The minimum Gasteiger partial charge on any atom is -0.335 e. The number of hydrogen-bond donors (Lipinski definition) is 0. The van der Waals surface area contributed by atoms with E-state index < -0.39 is 0 Å². The molecule has 0 spiro atoms. The Morgan fingerprint density at radius 1 is 0.717 bits per heavy atom. The van der Waals surface area contributed by atoms with E-state index in [0.717, 1.165) is 32.1 Å². The number of anilines is 3. The van der Waals surface area contributed by atoms with E-state index >= 15 is 0 Å². The zero-order valence-corrected chi connectivity index (χ0v) is 31.0. The van der Waals surface area contributed by atoms with Gasteiger partial charge in [-0.3, -0.25) is 0 Å². The van der Waals surface area contributed by atoms with Crippen molar-refractivity contribution in [2.24, 2.45) is 11.8 Å². The molecule has 0 N–H and O–H groups in total. The minimum absolute atomic E-state index is 0.0345. The molecule has 2 nitrogen and oxygen atoms in total. The topological polar surface area (TPSA) is 6.48 Å². The highest BCUT2D eigenvalue weighted by molar-refractivity contribution is 5.92. The summed E-state index contributed by atoms with van der Waals surface area (Å²) in [6.45, 7) is 4.78. The maximum Gasteiger partial charge on any atom is 0.0595 e. The van der Waals surface area contributed by atoms with Gasteiger partial charge in [0.2, 0.25) is 0 Å². The van der Waals surface area contributed by atoms with Gasteiger partial charge in [-0.25, -0.2) is 0 Å². The fourth-order valence-corrected chi connectivity index (χ4v) is 10.2. The quantitative estimate of drug-likeness (QED) is 0.199. The van der Waals surface area contributed by atoms with E-state index in [1.165, 1.54) is 68.1 Å². The highest BCUT2D eigenvalue weighted by atomic mass is 15.2. The molecule has 5 aliphatic carbocycles. The van der Waals surface area contributed by atoms with Gasteiger partial charge in [-0.2, -0.15) is 0 Å². The molecular formula is C51H48N2. The third-order valence-corrected chi connectivity index (χ3v) is 12.9. The number of allylic oxidation sites excluding steroid dienone is 10. The average molecular weight is 689 g/mol. The largest absolute Gasteiger partial charge is 0.335 e. The predicted molar refractivity (Wildman–Crippen MR) is 223 cm³/mol. The molecule has 4 atom stereocenters. The Morgan fingerprint density at radius 3 is 2.32 bits per heavy atom. The third kappa shape index (κ3) is 5.45. The van der Waals surface area contributed by atoms with Crippen LogP contribution in [0.1, 0.15) is 69.1 Å². The van der Waals surface area contributed by atoms with E-state index in [-0.39, 0.29) is 11.5 Å². The van der Waals surface area contributed by atoms with Crippen LogP contribution in [0.25, 0.3) is 16.7 Å². The molecule has 10 rings (SSSR count). The number of hydrogen-bond acceptors (Lipinski definition) is 2. The molecule has 4 aromatic rings. The summed E-state index contributed by atoms with van der Waals surface area (Å²) < 4.78 is 0. The van der Waals surface area contributed by atoms with Crippen molar-refractivity contribution >= 4 is 22.6 Å². The normalized spacial score (nSPS) is 24.7. The van der Waals surface area contributed by atoms with Gasteiger partial charge in [0.1, 0.15) is 0 Å². The second-order valence-corrected chi connectivity index (χ2v) is 16.2. The molecule has 6 aliphatic rings. The fraction of sp³-hybridized carbons (Fsp3) is 0.255. The molecule has 0 fully saturated rings. The molecular weight excluding hydrogens is 641 g/mol. The Balaban J connectivity index is 0.961. The van der Waals surface area contributed by atoms with Crippen LogP contribution >= 0.6 is 0 Å². The van der Waals surface area contributed by atoms with Crippen LogP contribution in [0.2, 0.25) is 0 Å². The van der Waals surface area contributed by atoms with Crippen molar-refractivity contribution in [3.63, 3.8) is 0 Å². The lowest BCUT2D eigenvalue weighted by Crippen LogP contribution is -2.35. The molecule has 0 aromatic heterocycles. The highest BCUT2D eigenvalue weighted by Crippen LogP contribution is 2.52. The Morgan fingerprint density at radius 2 is 1.53 bits per heavy atom. The lowest BCUT2D eigenvalue weighted by molar-refractivity contribution is 0.572. The van der Waals surface area contributed by atoms with Crippen LogP contribution in [0.15, 0.2) is 175 Å². The van der Waals surface area contributed by atoms with Gasteiger partial charge >= 0.3 is 0 Å². The van der Waals surface area contributed by atoms with E-state index in [9.17, 15) is 0 Å². The van der Waals surface area contributed by atoms with E-state index in [4.69, 9.17) is 0 Å². The Kier molecular flexibility index (Phi) is 7.90. The minimum atomic E-state index is -0.0345. The van der Waals surface area contributed by atoms with E-state index in [0.29, 0.717) is 17.9 Å². The first-order chi connectivity index (χ1) is 26.0. The zero-order valence-electron chi connectivity index (χ0n) is 31.0. The highest BCUT2D eigenvalue weighted by Gasteiger charge is 2.39. The zero-order chi connectivity index (χ0) is 35.5. The smallest absolute Gasteiger partial charge is 0.0595 e. The molecule has 1 heterocycles. The van der Waals surface area contributed by atoms with Crippen LogP contribution < -0.4 is 9.80 Å². The van der Waals surface area contributed by atoms with E-state index in [2.05, 4.69) is 181 Å². The van der Waals surface area contributed by atoms with Crippen molar-refractivity contribution in [1.29, 1.82) is 0 Å². The van der Waals surface area contributed by atoms with Crippen molar-refractivity contribution < 1.29 is 0 Å². The molecule has 1 aliphatic heterocycles. The van der Waals surface area contributed by atoms with Crippen molar-refractivity contribution in [1.82, 2.24) is 0 Å². The first-order valence-corrected chi connectivity index (χ1v) is 19.9. The first kappa shape index (κ1) is 32.3. The van der Waals surface area contributed by atoms with Crippen LogP contribution in [-0.4, -0.2) is 12.1 Å². The third-order valence-electron chi connectivity index (χ3n) is 12.9. The molecule has 0 saturated heterocycles. The number of benzene rings is 4. The van der Waals surface area contributed by atoms with Gasteiger partial charge in [-0.15, -0.1) is 0 Å². The maximum atomic E-state index is 2.63. The van der Waals surface area contributed by atoms with Gasteiger partial charge < -0.3 is 9.80 Å². The predicted octanol–water partition coefficient (Wildman–Crippen LogP) is 12.8. The molecule has 4 aromatic carbocycles. The number of rotatable bonds is 6. The number of para-hydroxylation sites is 2. The molecule has 0 saturated carbocycles. The van der Waals surface area contributed by atoms with Gasteiger partial charge in [0.05, 0.1) is 12.1 Å². The Labute approximate surface area is 315 Å². The Hall–Kier alpha value is -5.34. The number of fused-ring (bicyclic) bond motifs is 6. The van der Waals surface area contributed by atoms with E-state index in [1.807, 2.05) is 0 Å². The molecule has 262 valence electrons. The fourth-order valence-electron chi connectivity index (χ4n) is 10.2. The molecule has 2 heteroatoms. The first-order valence-electron chi connectivity index (χ1n) is 19.9. The second-order valence-electron chi connectivity index (χ2n) is 16.2. The SMILES string of the molecule is CC1(C)c2ccccc2-c2ccc(N(C3=CCC(C4=CC=CCC4)C=C3)C3C=CC(C4C=C5c6ccccc6N(c6ccccc6)C5CC4)=CC3)cc21. The van der Waals surface area contributed by atoms with Gasteiger partial charge in [0, 0.05) is 45.6 Å². The monoisotopic (exact) mass is 688 g/mol. The number of nitrogens with zero attached hydrogens (tertiary/aromatic N) is 2. The second kappa shape index (κ2) is 13.0. The molecule has 0 amide bonds. The van der Waals surface area contributed by atoms with Gasteiger partial charge in [0.25, 0.3) is 0 Å². The summed E-state index contributed by atoms with van der Waals surface area (Å²) in [6, 6.07) is 36.8. The summed E-state index contributed by atoms with van der Waals surface area (Å²) in [5.74, 6) is 0.927. The summed E-state index contributed by atoms with van der Waals surface area (Å²) in [7, 11) is 0. The standard InChI is InChI=1S/C51H48N2/c1-51(2)47-19-11-9-17-43(47)44-31-30-42(34-48(44)51)52(40-26-21-36(22-27-40)35-13-5-3-6-14-35)41-28-23-37(24-29-41)38-25-32-50-46(33-38)45-18-10-12-20-49(45)53(50)39-15-7-4-8-16-39/h3-5,7-13,15-21,23-24,26-28,30-31,33-34,36,38,41,50H,6,14,22,25,29,32H2,1-2H3. The summed E-state index contributed by atoms with van der Waals surface area (Å²) >= 11 is 0. The summed E-state index contributed by atoms with van der Waals surface area (Å²) in [5, 5.41) is 0. The average Bonchev–Trinajstić information content (AvgIpc) is 3.67. The lowest BCUT2D eigenvalue weighted by atomic mass is 9.80. The maximum absolute atomic E-state index is 2.63. The summed E-state index contributed by atoms with van der Waals surface area (Å²) in [6.07, 6.45) is 31.1. The molecule has 0 radical (unpaired) electrons. The summed E-state index contributed by atoms with van der Waals surface area (Å²) in [4.78, 5) is 5.20. The van der Waals surface area contributed by atoms with Crippen molar-refractivity contribution in [2.45, 2.75) is 69.9 Å². The molecule has 0 bridgehead atoms. The van der Waals surface area contributed by atoms with Crippen LogP contribution in [-0.2, 0) is 5.41 Å². The van der Waals surface area contributed by atoms with Crippen LogP contribution in [0.5, 0.6) is 0 Å². The van der Waals surface area contributed by atoms with Crippen molar-refractivity contribution in [3.8, 4) is 11.1 Å². The molecule has 53 heavy (non-hydrogen) atoms. The lowest BCUT2D eigenvalue weighted by Gasteiger charge is -2.37. The van der Waals surface area contributed by atoms with Crippen LogP contribution in [0.3, 0.4) is 0 Å². The summed E-state index contributed by atoms with van der Waals surface area (Å²) in [5.41, 5.74) is 16.7. The van der Waals surface area contributed by atoms with Crippen molar-refractivity contribution in [2.75, 3.05) is 9.80 Å². The van der Waals surface area contributed by atoms with Crippen LogP contribution in [0, 0.1) is 11.8 Å². The van der Waals surface area contributed by atoms with Gasteiger partial charge in [-0.1, -0.05) is 141 Å². The Bertz CT molecular complexity index is 2310. The van der Waals surface area contributed by atoms with Gasteiger partial charge in [0.15, 0.2) is 0 Å². The van der Waals surface area contributed by atoms with E-state index in [1.54, 1.807) is 5.57 Å². The van der Waals surface area contributed by atoms with Crippen LogP contribution in [0.4, 0.5) is 17.1 Å². The van der Waals surface area contributed by atoms with Gasteiger partial charge in [-0.05, 0) is 108 Å². The van der Waals surface area contributed by atoms with Crippen molar-refractivity contribution in [3.05, 3.63) is 191 Å².